The van der Waals surface area contributed by atoms with Crippen molar-refractivity contribution in [2.45, 2.75) is 20.1 Å². The fraction of sp³-hybridized carbons (Fsp3) is 0.250. The number of aromatic nitrogens is 1. The summed E-state index contributed by atoms with van der Waals surface area (Å²) in [6.45, 7) is 3.78. The van der Waals surface area contributed by atoms with Crippen LogP contribution in [-0.4, -0.2) is 17.5 Å². The normalized spacial score (nSPS) is 10.4. The topological polar surface area (TPSA) is 51.2 Å². The van der Waals surface area contributed by atoms with Gasteiger partial charge < -0.3 is 10.1 Å². The highest BCUT2D eigenvalue weighted by atomic mass is 79.9. The molecule has 1 aromatic carbocycles. The van der Waals surface area contributed by atoms with Crippen LogP contribution in [0.4, 0.5) is 0 Å². The van der Waals surface area contributed by atoms with Gasteiger partial charge in [-0.15, -0.1) is 0 Å². The molecule has 0 aliphatic carbocycles. The van der Waals surface area contributed by atoms with Crippen LogP contribution in [0.1, 0.15) is 28.4 Å². The maximum absolute atomic E-state index is 12.0. The van der Waals surface area contributed by atoms with Crippen molar-refractivity contribution in [3.05, 3.63) is 63.9 Å². The van der Waals surface area contributed by atoms with Crippen molar-refractivity contribution in [1.29, 1.82) is 0 Å². The lowest BCUT2D eigenvalue weighted by atomic mass is 10.1. The van der Waals surface area contributed by atoms with E-state index >= 15 is 0 Å². The summed E-state index contributed by atoms with van der Waals surface area (Å²) >= 11 is 3.30. The van der Waals surface area contributed by atoms with E-state index in [1.165, 1.54) is 0 Å². The third-order valence-corrected chi connectivity index (χ3v) is 3.35. The zero-order valence-electron chi connectivity index (χ0n) is 11.8. The Kier molecular flexibility index (Phi) is 5.90. The van der Waals surface area contributed by atoms with E-state index in [1.54, 1.807) is 18.5 Å². The van der Waals surface area contributed by atoms with Crippen molar-refractivity contribution in [2.75, 3.05) is 6.61 Å². The number of hydrogen-bond donors (Lipinski definition) is 1. The second kappa shape index (κ2) is 7.90. The first kappa shape index (κ1) is 15.7. The van der Waals surface area contributed by atoms with Gasteiger partial charge >= 0.3 is 0 Å². The van der Waals surface area contributed by atoms with E-state index in [0.29, 0.717) is 25.3 Å². The Labute approximate surface area is 132 Å². The summed E-state index contributed by atoms with van der Waals surface area (Å²) in [5, 5.41) is 2.87. The molecule has 0 atom stereocenters. The minimum atomic E-state index is -0.137. The molecular formula is C16H17BrN2O2. The van der Waals surface area contributed by atoms with Crippen molar-refractivity contribution in [3.63, 3.8) is 0 Å². The van der Waals surface area contributed by atoms with E-state index in [2.05, 4.69) is 26.2 Å². The van der Waals surface area contributed by atoms with Crippen LogP contribution in [0.5, 0.6) is 0 Å². The molecule has 5 heteroatoms. The molecule has 0 saturated carbocycles. The summed E-state index contributed by atoms with van der Waals surface area (Å²) in [5.41, 5.74) is 2.71. The molecule has 0 aliphatic rings. The average Bonchev–Trinajstić information content (AvgIpc) is 2.51. The predicted molar refractivity (Wildman–Crippen MR) is 84.9 cm³/mol. The second-order valence-electron chi connectivity index (χ2n) is 4.53. The third kappa shape index (κ3) is 4.95. The molecule has 0 fully saturated rings. The van der Waals surface area contributed by atoms with Crippen molar-refractivity contribution in [1.82, 2.24) is 10.3 Å². The van der Waals surface area contributed by atoms with Crippen LogP contribution < -0.4 is 5.32 Å². The Bertz CT molecular complexity index is 599. The molecule has 21 heavy (non-hydrogen) atoms. The average molecular weight is 349 g/mol. The van der Waals surface area contributed by atoms with Crippen molar-refractivity contribution in [3.8, 4) is 0 Å². The standard InChI is InChI=1S/C16H17BrN2O2/c1-2-21-11-13-5-3-12(4-6-13)8-19-16(20)14-7-15(17)10-18-9-14/h3-7,9-10H,2,8,11H2,1H3,(H,19,20). The summed E-state index contributed by atoms with van der Waals surface area (Å²) in [7, 11) is 0. The van der Waals surface area contributed by atoms with Crippen LogP contribution in [0.3, 0.4) is 0 Å². The van der Waals surface area contributed by atoms with Gasteiger partial charge in [-0.1, -0.05) is 24.3 Å². The van der Waals surface area contributed by atoms with Crippen LogP contribution in [0.15, 0.2) is 47.2 Å². The Morgan fingerprint density at radius 2 is 1.95 bits per heavy atom. The molecule has 1 amide bonds. The summed E-state index contributed by atoms with van der Waals surface area (Å²) in [4.78, 5) is 16.0. The van der Waals surface area contributed by atoms with E-state index in [1.807, 2.05) is 31.2 Å². The number of carbonyl (C=O) groups is 1. The van der Waals surface area contributed by atoms with Crippen molar-refractivity contribution < 1.29 is 9.53 Å². The summed E-state index contributed by atoms with van der Waals surface area (Å²) in [5.74, 6) is -0.137. The fourth-order valence-corrected chi connectivity index (χ4v) is 2.16. The number of pyridine rings is 1. The number of halogens is 1. The maximum Gasteiger partial charge on any atom is 0.253 e. The number of hydrogen-bond acceptors (Lipinski definition) is 3. The highest BCUT2D eigenvalue weighted by molar-refractivity contribution is 9.10. The number of amides is 1. The molecule has 1 heterocycles. The number of benzene rings is 1. The summed E-state index contributed by atoms with van der Waals surface area (Å²) < 4.78 is 6.13. The third-order valence-electron chi connectivity index (χ3n) is 2.92. The van der Waals surface area contributed by atoms with E-state index in [4.69, 9.17) is 4.74 Å². The Morgan fingerprint density at radius 3 is 2.62 bits per heavy atom. The molecule has 110 valence electrons. The van der Waals surface area contributed by atoms with Gasteiger partial charge in [-0.25, -0.2) is 0 Å². The molecule has 2 rings (SSSR count). The van der Waals surface area contributed by atoms with Gasteiger partial charge in [-0.2, -0.15) is 0 Å². The number of rotatable bonds is 6. The fourth-order valence-electron chi connectivity index (χ4n) is 1.79. The smallest absolute Gasteiger partial charge is 0.253 e. The molecule has 4 nitrogen and oxygen atoms in total. The molecule has 1 aromatic heterocycles. The van der Waals surface area contributed by atoms with Gasteiger partial charge in [-0.05, 0) is 40.0 Å². The van der Waals surface area contributed by atoms with E-state index in [0.717, 1.165) is 15.6 Å². The Hall–Kier alpha value is -1.72. The monoisotopic (exact) mass is 348 g/mol. The molecular weight excluding hydrogens is 332 g/mol. The van der Waals surface area contributed by atoms with E-state index in [-0.39, 0.29) is 5.91 Å². The van der Waals surface area contributed by atoms with Gasteiger partial charge in [0.15, 0.2) is 0 Å². The first-order valence-corrected chi connectivity index (χ1v) is 7.52. The largest absolute Gasteiger partial charge is 0.377 e. The van der Waals surface area contributed by atoms with E-state index in [9.17, 15) is 4.79 Å². The number of nitrogens with one attached hydrogen (secondary N) is 1. The minimum absolute atomic E-state index is 0.137. The molecule has 2 aromatic rings. The molecule has 0 bridgehead atoms. The highest BCUT2D eigenvalue weighted by Gasteiger charge is 2.06. The minimum Gasteiger partial charge on any atom is -0.377 e. The maximum atomic E-state index is 12.0. The van der Waals surface area contributed by atoms with Crippen LogP contribution in [0.2, 0.25) is 0 Å². The lowest BCUT2D eigenvalue weighted by Crippen LogP contribution is -2.22. The summed E-state index contributed by atoms with van der Waals surface area (Å²) in [6.07, 6.45) is 3.19. The van der Waals surface area contributed by atoms with Crippen molar-refractivity contribution in [2.24, 2.45) is 0 Å². The van der Waals surface area contributed by atoms with E-state index < -0.39 is 0 Å². The first-order chi connectivity index (χ1) is 10.2. The highest BCUT2D eigenvalue weighted by Crippen LogP contribution is 2.10. The molecule has 0 unspecified atom stereocenters. The molecule has 0 spiro atoms. The van der Waals surface area contributed by atoms with Crippen LogP contribution in [0.25, 0.3) is 0 Å². The molecule has 0 aliphatic heterocycles. The Balaban J connectivity index is 1.89. The van der Waals surface area contributed by atoms with Gasteiger partial charge in [0.1, 0.15) is 0 Å². The molecule has 1 N–H and O–H groups in total. The number of nitrogens with zero attached hydrogens (tertiary/aromatic N) is 1. The van der Waals surface area contributed by atoms with Gasteiger partial charge in [0, 0.05) is 30.0 Å². The van der Waals surface area contributed by atoms with Crippen LogP contribution in [0, 0.1) is 0 Å². The zero-order valence-corrected chi connectivity index (χ0v) is 13.4. The Morgan fingerprint density at radius 1 is 1.24 bits per heavy atom. The quantitative estimate of drug-likeness (QED) is 0.871. The van der Waals surface area contributed by atoms with Gasteiger partial charge in [-0.3, -0.25) is 9.78 Å². The lowest BCUT2D eigenvalue weighted by molar-refractivity contribution is 0.0950. The number of carbonyl (C=O) groups excluding carboxylic acids is 1. The van der Waals surface area contributed by atoms with Crippen LogP contribution in [-0.2, 0) is 17.9 Å². The zero-order chi connectivity index (χ0) is 15.1. The molecule has 0 radical (unpaired) electrons. The summed E-state index contributed by atoms with van der Waals surface area (Å²) in [6, 6.07) is 9.75. The lowest BCUT2D eigenvalue weighted by Gasteiger charge is -2.07. The SMILES string of the molecule is CCOCc1ccc(CNC(=O)c2cncc(Br)c2)cc1. The van der Waals surface area contributed by atoms with Gasteiger partial charge in [0.25, 0.3) is 5.91 Å². The van der Waals surface area contributed by atoms with Crippen molar-refractivity contribution >= 4 is 21.8 Å². The number of ether oxygens (including phenoxy) is 1. The van der Waals surface area contributed by atoms with Gasteiger partial charge in [0.05, 0.1) is 12.2 Å². The molecule has 0 saturated heterocycles. The van der Waals surface area contributed by atoms with Crippen LogP contribution >= 0.6 is 15.9 Å². The predicted octanol–water partition coefficient (Wildman–Crippen LogP) is 3.31. The second-order valence-corrected chi connectivity index (χ2v) is 5.44. The first-order valence-electron chi connectivity index (χ1n) is 6.73. The van der Waals surface area contributed by atoms with Gasteiger partial charge in [0.2, 0.25) is 0 Å².